The molecular weight excluding hydrogens is 254 g/mol. The van der Waals surface area contributed by atoms with Gasteiger partial charge in [0.1, 0.15) is 0 Å². The lowest BCUT2D eigenvalue weighted by Gasteiger charge is -2.07. The van der Waals surface area contributed by atoms with Crippen LogP contribution in [-0.2, 0) is 6.42 Å². The third-order valence-electron chi connectivity index (χ3n) is 3.09. The lowest BCUT2D eigenvalue weighted by molar-refractivity contribution is -0.384. The molecule has 0 aliphatic carbocycles. The number of anilines is 1. The predicted molar refractivity (Wildman–Crippen MR) is 78.9 cm³/mol. The van der Waals surface area contributed by atoms with E-state index < -0.39 is 0 Å². The Balaban J connectivity index is 1.92. The van der Waals surface area contributed by atoms with Crippen LogP contribution in [0.2, 0.25) is 0 Å². The predicted octanol–water partition coefficient (Wildman–Crippen LogP) is 3.34. The van der Waals surface area contributed by atoms with Crippen molar-refractivity contribution in [2.45, 2.75) is 19.8 Å². The lowest BCUT2D eigenvalue weighted by atomic mass is 10.1. The number of nitrogens with one attached hydrogen (secondary N) is 1. The highest BCUT2D eigenvalue weighted by atomic mass is 16.6. The zero-order valence-corrected chi connectivity index (χ0v) is 11.4. The summed E-state index contributed by atoms with van der Waals surface area (Å²) in [4.78, 5) is 14.7. The molecule has 0 aliphatic rings. The van der Waals surface area contributed by atoms with Crippen LogP contribution in [0.4, 0.5) is 11.5 Å². The first-order valence-corrected chi connectivity index (χ1v) is 6.56. The number of nitrogens with zero attached hydrogens (tertiary/aromatic N) is 2. The van der Waals surface area contributed by atoms with Gasteiger partial charge in [0.2, 0.25) is 5.82 Å². The third kappa shape index (κ3) is 3.54. The summed E-state index contributed by atoms with van der Waals surface area (Å²) >= 11 is 0. The maximum absolute atomic E-state index is 11.0. The SMILES string of the molecule is Cc1ccnc(NCCCc2ccccc2)c1[N+](=O)[O-]. The van der Waals surface area contributed by atoms with Crippen LogP contribution in [0.1, 0.15) is 17.5 Å². The largest absolute Gasteiger partial charge is 0.364 e. The van der Waals surface area contributed by atoms with Gasteiger partial charge in [0.05, 0.1) is 4.92 Å². The summed E-state index contributed by atoms with van der Waals surface area (Å²) in [5.74, 6) is 0.350. The van der Waals surface area contributed by atoms with E-state index in [1.807, 2.05) is 18.2 Å². The second-order valence-corrected chi connectivity index (χ2v) is 4.60. The van der Waals surface area contributed by atoms with E-state index in [2.05, 4.69) is 22.4 Å². The molecule has 0 amide bonds. The zero-order chi connectivity index (χ0) is 14.4. The van der Waals surface area contributed by atoms with Gasteiger partial charge in [-0.1, -0.05) is 30.3 Å². The van der Waals surface area contributed by atoms with Gasteiger partial charge in [-0.15, -0.1) is 0 Å². The van der Waals surface area contributed by atoms with Crippen LogP contribution in [0.25, 0.3) is 0 Å². The molecule has 5 nitrogen and oxygen atoms in total. The number of rotatable bonds is 6. The maximum atomic E-state index is 11.0. The second-order valence-electron chi connectivity index (χ2n) is 4.60. The van der Waals surface area contributed by atoms with Gasteiger partial charge in [0, 0.05) is 18.3 Å². The fourth-order valence-electron chi connectivity index (χ4n) is 2.05. The molecule has 2 rings (SSSR count). The molecule has 0 atom stereocenters. The first kappa shape index (κ1) is 14.0. The fourth-order valence-corrected chi connectivity index (χ4v) is 2.05. The fraction of sp³-hybridized carbons (Fsp3) is 0.267. The Bertz CT molecular complexity index is 585. The van der Waals surface area contributed by atoms with E-state index in [0.717, 1.165) is 12.8 Å². The van der Waals surface area contributed by atoms with Gasteiger partial charge in [-0.3, -0.25) is 10.1 Å². The highest BCUT2D eigenvalue weighted by Gasteiger charge is 2.17. The van der Waals surface area contributed by atoms with E-state index in [-0.39, 0.29) is 10.6 Å². The standard InChI is InChI=1S/C15H17N3O2/c1-12-9-11-17-15(14(12)18(19)20)16-10-5-8-13-6-3-2-4-7-13/h2-4,6-7,9,11H,5,8,10H2,1H3,(H,16,17). The highest BCUT2D eigenvalue weighted by Crippen LogP contribution is 2.25. The molecule has 0 fully saturated rings. The second kappa shape index (κ2) is 6.65. The molecule has 2 aromatic rings. The van der Waals surface area contributed by atoms with Gasteiger partial charge in [0.25, 0.3) is 0 Å². The summed E-state index contributed by atoms with van der Waals surface area (Å²) in [5, 5.41) is 14.1. The van der Waals surface area contributed by atoms with E-state index in [9.17, 15) is 10.1 Å². The van der Waals surface area contributed by atoms with E-state index in [0.29, 0.717) is 17.9 Å². The lowest BCUT2D eigenvalue weighted by Crippen LogP contribution is -2.08. The summed E-state index contributed by atoms with van der Waals surface area (Å²) in [5.41, 5.74) is 1.95. The number of aromatic nitrogens is 1. The Labute approximate surface area is 117 Å². The first-order chi connectivity index (χ1) is 9.68. The summed E-state index contributed by atoms with van der Waals surface area (Å²) in [6.45, 7) is 2.38. The molecule has 0 radical (unpaired) electrons. The summed E-state index contributed by atoms with van der Waals surface area (Å²) in [6, 6.07) is 11.8. The Morgan fingerprint density at radius 2 is 2.00 bits per heavy atom. The molecule has 0 saturated heterocycles. The monoisotopic (exact) mass is 271 g/mol. The maximum Gasteiger partial charge on any atom is 0.314 e. The Kier molecular flexibility index (Phi) is 4.65. The number of aryl methyl sites for hydroxylation is 2. The number of hydrogen-bond acceptors (Lipinski definition) is 4. The molecule has 0 unspecified atom stereocenters. The van der Waals surface area contributed by atoms with Gasteiger partial charge in [-0.2, -0.15) is 0 Å². The van der Waals surface area contributed by atoms with E-state index in [4.69, 9.17) is 0 Å². The smallest absolute Gasteiger partial charge is 0.314 e. The molecular formula is C15H17N3O2. The number of pyridine rings is 1. The van der Waals surface area contributed by atoms with Crippen LogP contribution in [-0.4, -0.2) is 16.5 Å². The van der Waals surface area contributed by atoms with Crippen LogP contribution in [0.3, 0.4) is 0 Å². The van der Waals surface area contributed by atoms with Crippen molar-refractivity contribution in [3.05, 3.63) is 63.8 Å². The van der Waals surface area contributed by atoms with Crippen molar-refractivity contribution < 1.29 is 4.92 Å². The third-order valence-corrected chi connectivity index (χ3v) is 3.09. The topological polar surface area (TPSA) is 68.1 Å². The molecule has 0 saturated carbocycles. The van der Waals surface area contributed by atoms with E-state index in [1.165, 1.54) is 5.56 Å². The summed E-state index contributed by atoms with van der Waals surface area (Å²) in [7, 11) is 0. The van der Waals surface area contributed by atoms with Crippen molar-refractivity contribution in [2.75, 3.05) is 11.9 Å². The molecule has 1 aromatic heterocycles. The minimum atomic E-state index is -0.387. The van der Waals surface area contributed by atoms with Crippen molar-refractivity contribution in [1.82, 2.24) is 4.98 Å². The summed E-state index contributed by atoms with van der Waals surface area (Å²) in [6.07, 6.45) is 3.42. The van der Waals surface area contributed by atoms with E-state index >= 15 is 0 Å². The number of nitro groups is 1. The number of hydrogen-bond donors (Lipinski definition) is 1. The molecule has 20 heavy (non-hydrogen) atoms. The van der Waals surface area contributed by atoms with Crippen LogP contribution < -0.4 is 5.32 Å². The Morgan fingerprint density at radius 3 is 2.70 bits per heavy atom. The average molecular weight is 271 g/mol. The molecule has 1 heterocycles. The van der Waals surface area contributed by atoms with Crippen LogP contribution in [0.5, 0.6) is 0 Å². The van der Waals surface area contributed by atoms with E-state index in [1.54, 1.807) is 19.2 Å². The van der Waals surface area contributed by atoms with Crippen molar-refractivity contribution >= 4 is 11.5 Å². The Morgan fingerprint density at radius 1 is 1.25 bits per heavy atom. The molecule has 1 aromatic carbocycles. The zero-order valence-electron chi connectivity index (χ0n) is 11.4. The summed E-state index contributed by atoms with van der Waals surface area (Å²) < 4.78 is 0. The van der Waals surface area contributed by atoms with Crippen molar-refractivity contribution in [3.63, 3.8) is 0 Å². The molecule has 1 N–H and O–H groups in total. The van der Waals surface area contributed by atoms with Crippen molar-refractivity contribution in [1.29, 1.82) is 0 Å². The van der Waals surface area contributed by atoms with Crippen molar-refractivity contribution in [3.8, 4) is 0 Å². The van der Waals surface area contributed by atoms with Crippen LogP contribution in [0, 0.1) is 17.0 Å². The first-order valence-electron chi connectivity index (χ1n) is 6.56. The molecule has 0 aliphatic heterocycles. The average Bonchev–Trinajstić information content (AvgIpc) is 2.44. The molecule has 104 valence electrons. The minimum Gasteiger partial charge on any atom is -0.364 e. The van der Waals surface area contributed by atoms with Gasteiger partial charge < -0.3 is 5.32 Å². The quantitative estimate of drug-likeness (QED) is 0.497. The van der Waals surface area contributed by atoms with Gasteiger partial charge in [-0.05, 0) is 31.4 Å². The minimum absolute atomic E-state index is 0.0622. The van der Waals surface area contributed by atoms with Crippen molar-refractivity contribution in [2.24, 2.45) is 0 Å². The van der Waals surface area contributed by atoms with Crippen LogP contribution >= 0.6 is 0 Å². The van der Waals surface area contributed by atoms with Gasteiger partial charge in [-0.25, -0.2) is 4.98 Å². The van der Waals surface area contributed by atoms with Gasteiger partial charge >= 0.3 is 5.69 Å². The molecule has 0 bridgehead atoms. The Hall–Kier alpha value is -2.43. The molecule has 0 spiro atoms. The normalized spacial score (nSPS) is 10.2. The molecule has 5 heteroatoms. The van der Waals surface area contributed by atoms with Crippen LogP contribution in [0.15, 0.2) is 42.6 Å². The number of benzene rings is 1. The highest BCUT2D eigenvalue weighted by molar-refractivity contribution is 5.59. The van der Waals surface area contributed by atoms with Gasteiger partial charge in [0.15, 0.2) is 0 Å².